The first-order chi connectivity index (χ1) is 4.85. The van der Waals surface area contributed by atoms with Crippen LogP contribution in [0.15, 0.2) is 25.3 Å². The lowest BCUT2D eigenvalue weighted by Crippen LogP contribution is -2.13. The topological polar surface area (TPSA) is 26.3 Å². The average Bonchev–Trinajstić information content (AvgIpc) is 1.98. The smallest absolute Gasteiger partial charge is 0.149 e. The predicted octanol–water partition coefficient (Wildman–Crippen LogP) is 1.33. The molecule has 0 saturated carbocycles. The van der Waals surface area contributed by atoms with Crippen LogP contribution in [0.4, 0.5) is 0 Å². The highest BCUT2D eigenvalue weighted by molar-refractivity contribution is 5.56. The van der Waals surface area contributed by atoms with Gasteiger partial charge in [-0.1, -0.05) is 12.2 Å². The summed E-state index contributed by atoms with van der Waals surface area (Å²) in [5.74, 6) is 0. The van der Waals surface area contributed by atoms with Crippen LogP contribution >= 0.6 is 0 Å². The van der Waals surface area contributed by atoms with E-state index in [1.165, 1.54) is 0 Å². The molecule has 0 aliphatic carbocycles. The first-order valence-corrected chi connectivity index (χ1v) is 3.13. The number of hydrogen-bond donors (Lipinski definition) is 0. The summed E-state index contributed by atoms with van der Waals surface area (Å²) in [7, 11) is 0. The van der Waals surface area contributed by atoms with Gasteiger partial charge < -0.3 is 9.53 Å². The predicted molar refractivity (Wildman–Crippen MR) is 40.8 cm³/mol. The monoisotopic (exact) mass is 140 g/mol. The summed E-state index contributed by atoms with van der Waals surface area (Å²) >= 11 is 0. The van der Waals surface area contributed by atoms with Gasteiger partial charge in [-0.05, 0) is 6.42 Å². The molecule has 10 heavy (non-hydrogen) atoms. The quantitative estimate of drug-likeness (QED) is 0.411. The molecule has 0 radical (unpaired) electrons. The van der Waals surface area contributed by atoms with E-state index in [1.54, 1.807) is 12.2 Å². The Bertz CT molecular complexity index is 118. The normalized spacial score (nSPS) is 12.0. The van der Waals surface area contributed by atoms with Gasteiger partial charge in [-0.3, -0.25) is 0 Å². The van der Waals surface area contributed by atoms with Crippen molar-refractivity contribution < 1.29 is 9.53 Å². The van der Waals surface area contributed by atoms with Gasteiger partial charge in [-0.2, -0.15) is 0 Å². The standard InChI is InChI=1S/C8H12O2/c1-3-5-8(7-9)10-6-4-2/h3-4,7-8H,1-2,5-6H2/t8-/m0/s1. The van der Waals surface area contributed by atoms with E-state index in [0.717, 1.165) is 6.29 Å². The highest BCUT2D eigenvalue weighted by Crippen LogP contribution is 1.94. The maximum absolute atomic E-state index is 10.2. The molecule has 0 rings (SSSR count). The Hall–Kier alpha value is -0.890. The first kappa shape index (κ1) is 9.11. The Kier molecular flexibility index (Phi) is 5.68. The van der Waals surface area contributed by atoms with Crippen molar-refractivity contribution in [2.75, 3.05) is 6.61 Å². The summed E-state index contributed by atoms with van der Waals surface area (Å²) < 4.78 is 5.02. The maximum atomic E-state index is 10.2. The molecule has 1 atom stereocenters. The number of ether oxygens (including phenoxy) is 1. The third kappa shape index (κ3) is 4.04. The number of aldehydes is 1. The molecule has 0 heterocycles. The second-order valence-corrected chi connectivity index (χ2v) is 1.82. The zero-order valence-corrected chi connectivity index (χ0v) is 5.95. The number of carbonyl (C=O) groups excluding carboxylic acids is 1. The number of rotatable bonds is 6. The Morgan fingerprint density at radius 1 is 1.40 bits per heavy atom. The second-order valence-electron chi connectivity index (χ2n) is 1.82. The van der Waals surface area contributed by atoms with Gasteiger partial charge in [0.15, 0.2) is 0 Å². The lowest BCUT2D eigenvalue weighted by Gasteiger charge is -2.05. The van der Waals surface area contributed by atoms with E-state index in [4.69, 9.17) is 4.74 Å². The van der Waals surface area contributed by atoms with Crippen LogP contribution in [0.5, 0.6) is 0 Å². The lowest BCUT2D eigenvalue weighted by atomic mass is 10.3. The lowest BCUT2D eigenvalue weighted by molar-refractivity contribution is -0.117. The van der Waals surface area contributed by atoms with Crippen LogP contribution in [0.25, 0.3) is 0 Å². The zero-order chi connectivity index (χ0) is 7.82. The molecule has 2 nitrogen and oxygen atoms in total. The minimum Gasteiger partial charge on any atom is -0.366 e. The van der Waals surface area contributed by atoms with Crippen LogP contribution in [0, 0.1) is 0 Å². The molecule has 56 valence electrons. The molecule has 0 saturated heterocycles. The van der Waals surface area contributed by atoms with Crippen LogP contribution in [0.3, 0.4) is 0 Å². The summed E-state index contributed by atoms with van der Waals surface area (Å²) in [5, 5.41) is 0. The van der Waals surface area contributed by atoms with Crippen molar-refractivity contribution in [3.63, 3.8) is 0 Å². The molecular weight excluding hydrogens is 128 g/mol. The number of hydrogen-bond acceptors (Lipinski definition) is 2. The van der Waals surface area contributed by atoms with E-state index < -0.39 is 0 Å². The van der Waals surface area contributed by atoms with Crippen LogP contribution in [0.2, 0.25) is 0 Å². The van der Waals surface area contributed by atoms with E-state index in [-0.39, 0.29) is 6.10 Å². The third-order valence-corrected chi connectivity index (χ3v) is 0.979. The SMILES string of the molecule is C=CCO[C@H](C=O)CC=C. The largest absolute Gasteiger partial charge is 0.366 e. The summed E-state index contributed by atoms with van der Waals surface area (Å²) in [5.41, 5.74) is 0. The van der Waals surface area contributed by atoms with Crippen LogP contribution in [-0.2, 0) is 9.53 Å². The average molecular weight is 140 g/mol. The maximum Gasteiger partial charge on any atom is 0.149 e. The van der Waals surface area contributed by atoms with Gasteiger partial charge >= 0.3 is 0 Å². The van der Waals surface area contributed by atoms with Gasteiger partial charge in [0.1, 0.15) is 12.4 Å². The highest BCUT2D eigenvalue weighted by Gasteiger charge is 2.01. The van der Waals surface area contributed by atoms with Crippen molar-refractivity contribution in [3.05, 3.63) is 25.3 Å². The van der Waals surface area contributed by atoms with Gasteiger partial charge in [0.2, 0.25) is 0 Å². The van der Waals surface area contributed by atoms with Crippen molar-refractivity contribution in [1.82, 2.24) is 0 Å². The second kappa shape index (κ2) is 6.23. The molecular formula is C8H12O2. The summed E-state index contributed by atoms with van der Waals surface area (Å²) in [4.78, 5) is 10.2. The molecule has 2 heteroatoms. The van der Waals surface area contributed by atoms with Gasteiger partial charge in [0.25, 0.3) is 0 Å². The van der Waals surface area contributed by atoms with E-state index >= 15 is 0 Å². The first-order valence-electron chi connectivity index (χ1n) is 3.13. The molecule has 0 aromatic heterocycles. The van der Waals surface area contributed by atoms with E-state index in [2.05, 4.69) is 13.2 Å². The summed E-state index contributed by atoms with van der Waals surface area (Å²) in [6.07, 6.45) is 4.25. The van der Waals surface area contributed by atoms with E-state index in [1.807, 2.05) is 0 Å². The van der Waals surface area contributed by atoms with Gasteiger partial charge in [-0.25, -0.2) is 0 Å². The Morgan fingerprint density at radius 2 is 2.10 bits per heavy atom. The fourth-order valence-electron chi connectivity index (χ4n) is 0.519. The Labute approximate surface area is 61.2 Å². The van der Waals surface area contributed by atoms with Crippen LogP contribution < -0.4 is 0 Å². The summed E-state index contributed by atoms with van der Waals surface area (Å²) in [6.45, 7) is 7.37. The third-order valence-electron chi connectivity index (χ3n) is 0.979. The molecule has 0 amide bonds. The minimum atomic E-state index is -0.351. The summed E-state index contributed by atoms with van der Waals surface area (Å²) in [6, 6.07) is 0. The molecule has 0 aliphatic heterocycles. The fraction of sp³-hybridized carbons (Fsp3) is 0.375. The fourth-order valence-corrected chi connectivity index (χ4v) is 0.519. The molecule has 0 unspecified atom stereocenters. The molecule has 0 spiro atoms. The van der Waals surface area contributed by atoms with E-state index in [0.29, 0.717) is 13.0 Å². The molecule has 0 fully saturated rings. The van der Waals surface area contributed by atoms with Crippen LogP contribution in [-0.4, -0.2) is 19.0 Å². The molecule has 0 bridgehead atoms. The Morgan fingerprint density at radius 3 is 2.50 bits per heavy atom. The van der Waals surface area contributed by atoms with Crippen molar-refractivity contribution in [3.8, 4) is 0 Å². The van der Waals surface area contributed by atoms with Gasteiger partial charge in [0, 0.05) is 0 Å². The van der Waals surface area contributed by atoms with Crippen molar-refractivity contribution in [2.45, 2.75) is 12.5 Å². The van der Waals surface area contributed by atoms with E-state index in [9.17, 15) is 4.79 Å². The van der Waals surface area contributed by atoms with Gasteiger partial charge in [0.05, 0.1) is 6.61 Å². The molecule has 0 aliphatic rings. The van der Waals surface area contributed by atoms with Crippen LogP contribution in [0.1, 0.15) is 6.42 Å². The zero-order valence-electron chi connectivity index (χ0n) is 5.95. The van der Waals surface area contributed by atoms with Crippen molar-refractivity contribution >= 4 is 6.29 Å². The molecule has 0 aromatic carbocycles. The van der Waals surface area contributed by atoms with Gasteiger partial charge in [-0.15, -0.1) is 13.2 Å². The molecule has 0 N–H and O–H groups in total. The van der Waals surface area contributed by atoms with Crippen molar-refractivity contribution in [1.29, 1.82) is 0 Å². The minimum absolute atomic E-state index is 0.351. The number of carbonyl (C=O) groups is 1. The Balaban J connectivity index is 3.47. The van der Waals surface area contributed by atoms with Crippen molar-refractivity contribution in [2.24, 2.45) is 0 Å². The molecule has 0 aromatic rings. The highest BCUT2D eigenvalue weighted by atomic mass is 16.5.